The molecule has 2 aliphatic rings. The molecule has 0 spiro atoms. The van der Waals surface area contributed by atoms with Crippen molar-refractivity contribution in [2.24, 2.45) is 0 Å². The molecular formula is C24H28N4O3S2. The van der Waals surface area contributed by atoms with Crippen LogP contribution in [-0.4, -0.2) is 59.7 Å². The first-order valence-electron chi connectivity index (χ1n) is 11.3. The number of sulfonamides is 1. The van der Waals surface area contributed by atoms with E-state index in [1.54, 1.807) is 11.0 Å². The molecule has 1 saturated heterocycles. The molecule has 3 aromatic rings. The maximum Gasteiger partial charge on any atom is 0.264 e. The van der Waals surface area contributed by atoms with Crippen LogP contribution in [0.5, 0.6) is 0 Å². The van der Waals surface area contributed by atoms with E-state index in [0.29, 0.717) is 28.8 Å². The number of aromatic nitrogens is 2. The second-order valence-corrected chi connectivity index (χ2v) is 12.0. The predicted molar refractivity (Wildman–Crippen MR) is 129 cm³/mol. The second kappa shape index (κ2) is 8.14. The Balaban J connectivity index is 1.35. The Morgan fingerprint density at radius 2 is 1.73 bits per heavy atom. The topological polar surface area (TPSA) is 83.5 Å². The van der Waals surface area contributed by atoms with Gasteiger partial charge >= 0.3 is 0 Å². The van der Waals surface area contributed by atoms with E-state index in [0.717, 1.165) is 51.3 Å². The van der Waals surface area contributed by atoms with Crippen LogP contribution in [-0.2, 0) is 10.0 Å². The second-order valence-electron chi connectivity index (χ2n) is 9.14. The highest BCUT2D eigenvalue weighted by atomic mass is 32.2. The zero-order chi connectivity index (χ0) is 23.5. The Bertz CT molecular complexity index is 1370. The standard InChI is InChI=1S/C24H28N4O3S2/c1-14-5-8-19(15(2)13-14)33(30,31)28-11-9-27(10-12-28)24(29)21-16(3)20-17(4)25-22(18-6-7-18)26-23(20)32-21/h5,8,13,18H,6-7,9-12H2,1-4H3. The van der Waals surface area contributed by atoms with Gasteiger partial charge in [0.05, 0.1) is 15.5 Å². The van der Waals surface area contributed by atoms with Gasteiger partial charge in [-0.1, -0.05) is 17.7 Å². The summed E-state index contributed by atoms with van der Waals surface area (Å²) in [5.41, 5.74) is 3.63. The first-order valence-corrected chi connectivity index (χ1v) is 13.6. The maximum atomic E-state index is 13.4. The van der Waals surface area contributed by atoms with E-state index in [-0.39, 0.29) is 19.0 Å². The number of hydrogen-bond acceptors (Lipinski definition) is 6. The summed E-state index contributed by atoms with van der Waals surface area (Å²) in [6.45, 7) is 9.03. The molecule has 0 N–H and O–H groups in total. The first kappa shape index (κ1) is 22.4. The van der Waals surface area contributed by atoms with Crippen molar-refractivity contribution in [2.45, 2.75) is 51.3 Å². The van der Waals surface area contributed by atoms with Crippen LogP contribution >= 0.6 is 11.3 Å². The molecule has 0 radical (unpaired) electrons. The van der Waals surface area contributed by atoms with Gasteiger partial charge in [0.1, 0.15) is 10.7 Å². The van der Waals surface area contributed by atoms with Gasteiger partial charge in [0.15, 0.2) is 0 Å². The number of benzene rings is 1. The van der Waals surface area contributed by atoms with Crippen molar-refractivity contribution in [3.8, 4) is 0 Å². The molecular weight excluding hydrogens is 456 g/mol. The van der Waals surface area contributed by atoms with Gasteiger partial charge in [0.2, 0.25) is 10.0 Å². The summed E-state index contributed by atoms with van der Waals surface area (Å²) in [5.74, 6) is 1.30. The molecule has 0 bridgehead atoms. The lowest BCUT2D eigenvalue weighted by Gasteiger charge is -2.34. The van der Waals surface area contributed by atoms with Crippen molar-refractivity contribution in [3.63, 3.8) is 0 Å². The number of hydrogen-bond donors (Lipinski definition) is 0. The van der Waals surface area contributed by atoms with Gasteiger partial charge in [-0.25, -0.2) is 18.4 Å². The average Bonchev–Trinajstić information content (AvgIpc) is 3.56. The lowest BCUT2D eigenvalue weighted by Crippen LogP contribution is -2.50. The number of carbonyl (C=O) groups is 1. The fraction of sp³-hybridized carbons (Fsp3) is 0.458. The molecule has 1 saturated carbocycles. The summed E-state index contributed by atoms with van der Waals surface area (Å²) < 4.78 is 27.8. The van der Waals surface area contributed by atoms with Crippen molar-refractivity contribution < 1.29 is 13.2 Å². The molecule has 0 atom stereocenters. The first-order chi connectivity index (χ1) is 15.7. The zero-order valence-corrected chi connectivity index (χ0v) is 21.0. The quantitative estimate of drug-likeness (QED) is 0.560. The van der Waals surface area contributed by atoms with Crippen LogP contribution in [0.2, 0.25) is 0 Å². The van der Waals surface area contributed by atoms with E-state index in [9.17, 15) is 13.2 Å². The number of fused-ring (bicyclic) bond motifs is 1. The normalized spacial score (nSPS) is 17.6. The van der Waals surface area contributed by atoms with Gasteiger partial charge in [0.25, 0.3) is 5.91 Å². The Labute approximate surface area is 198 Å². The van der Waals surface area contributed by atoms with Gasteiger partial charge in [-0.2, -0.15) is 4.31 Å². The van der Waals surface area contributed by atoms with Gasteiger partial charge in [-0.3, -0.25) is 4.79 Å². The largest absolute Gasteiger partial charge is 0.335 e. The predicted octanol–water partition coefficient (Wildman–Crippen LogP) is 3.95. The SMILES string of the molecule is Cc1ccc(S(=O)(=O)N2CCN(C(=O)c3sc4nc(C5CC5)nc(C)c4c3C)CC2)c(C)c1. The van der Waals surface area contributed by atoms with E-state index < -0.39 is 10.0 Å². The van der Waals surface area contributed by atoms with Crippen LogP contribution in [0.25, 0.3) is 10.2 Å². The lowest BCUT2D eigenvalue weighted by molar-refractivity contribution is 0.0702. The minimum atomic E-state index is -3.58. The number of piperazine rings is 1. The van der Waals surface area contributed by atoms with E-state index in [4.69, 9.17) is 4.98 Å². The Kier molecular flexibility index (Phi) is 5.54. The smallest absolute Gasteiger partial charge is 0.264 e. The molecule has 1 aromatic carbocycles. The number of thiophene rings is 1. The fourth-order valence-electron chi connectivity index (χ4n) is 4.59. The van der Waals surface area contributed by atoms with E-state index in [1.807, 2.05) is 39.8 Å². The summed E-state index contributed by atoms with van der Waals surface area (Å²) >= 11 is 1.43. The Hall–Kier alpha value is -2.36. The van der Waals surface area contributed by atoms with Crippen molar-refractivity contribution >= 4 is 37.5 Å². The molecule has 1 aliphatic heterocycles. The van der Waals surface area contributed by atoms with Crippen molar-refractivity contribution in [1.82, 2.24) is 19.2 Å². The van der Waals surface area contributed by atoms with Crippen LogP contribution < -0.4 is 0 Å². The van der Waals surface area contributed by atoms with E-state index >= 15 is 0 Å². The van der Waals surface area contributed by atoms with Crippen LogP contribution in [0.3, 0.4) is 0 Å². The van der Waals surface area contributed by atoms with Crippen LogP contribution in [0.4, 0.5) is 0 Å². The Morgan fingerprint density at radius 1 is 1.03 bits per heavy atom. The molecule has 7 nitrogen and oxygen atoms in total. The molecule has 3 heterocycles. The monoisotopic (exact) mass is 484 g/mol. The molecule has 2 aromatic heterocycles. The number of nitrogens with zero attached hydrogens (tertiary/aromatic N) is 4. The maximum absolute atomic E-state index is 13.4. The van der Waals surface area contributed by atoms with E-state index in [2.05, 4.69) is 4.98 Å². The number of aryl methyl sites for hydroxylation is 4. The van der Waals surface area contributed by atoms with Crippen molar-refractivity contribution in [1.29, 1.82) is 0 Å². The molecule has 9 heteroatoms. The summed E-state index contributed by atoms with van der Waals surface area (Å²) in [4.78, 5) is 26.5. The molecule has 5 rings (SSSR count). The number of rotatable bonds is 4. The molecule has 2 fully saturated rings. The molecule has 1 amide bonds. The zero-order valence-electron chi connectivity index (χ0n) is 19.4. The molecule has 0 unspecified atom stereocenters. The third-order valence-corrected chi connectivity index (χ3v) is 9.83. The van der Waals surface area contributed by atoms with Crippen molar-refractivity contribution in [2.75, 3.05) is 26.2 Å². The summed E-state index contributed by atoms with van der Waals surface area (Å²) in [7, 11) is -3.58. The highest BCUT2D eigenvalue weighted by Crippen LogP contribution is 2.40. The van der Waals surface area contributed by atoms with Crippen LogP contribution in [0, 0.1) is 27.7 Å². The lowest BCUT2D eigenvalue weighted by atomic mass is 10.1. The third-order valence-electron chi connectivity index (χ3n) is 6.60. The average molecular weight is 485 g/mol. The third kappa shape index (κ3) is 3.96. The summed E-state index contributed by atoms with van der Waals surface area (Å²) in [5, 5.41) is 0.976. The van der Waals surface area contributed by atoms with Crippen molar-refractivity contribution in [3.05, 3.63) is 51.3 Å². The molecule has 1 aliphatic carbocycles. The van der Waals surface area contributed by atoms with Gasteiger partial charge in [-0.15, -0.1) is 11.3 Å². The van der Waals surface area contributed by atoms with Crippen LogP contribution in [0.1, 0.15) is 56.6 Å². The Morgan fingerprint density at radius 3 is 2.36 bits per heavy atom. The van der Waals surface area contributed by atoms with Gasteiger partial charge < -0.3 is 4.90 Å². The highest BCUT2D eigenvalue weighted by Gasteiger charge is 2.33. The minimum Gasteiger partial charge on any atom is -0.335 e. The number of amides is 1. The molecule has 174 valence electrons. The van der Waals surface area contributed by atoms with E-state index in [1.165, 1.54) is 15.6 Å². The van der Waals surface area contributed by atoms with Gasteiger partial charge in [-0.05, 0) is 57.7 Å². The fourth-order valence-corrected chi connectivity index (χ4v) is 7.43. The van der Waals surface area contributed by atoms with Gasteiger partial charge in [0, 0.05) is 37.5 Å². The minimum absolute atomic E-state index is 0.0496. The summed E-state index contributed by atoms with van der Waals surface area (Å²) in [6.07, 6.45) is 2.27. The van der Waals surface area contributed by atoms with Crippen LogP contribution in [0.15, 0.2) is 23.1 Å². The number of carbonyl (C=O) groups excluding carboxylic acids is 1. The highest BCUT2D eigenvalue weighted by molar-refractivity contribution is 7.89. The molecule has 33 heavy (non-hydrogen) atoms. The summed E-state index contributed by atoms with van der Waals surface area (Å²) in [6, 6.07) is 5.39.